The second kappa shape index (κ2) is 8.91. The molecule has 0 amide bonds. The number of Topliss-reactive ketones (excluding diaryl/α,β-unsaturated/α-hetero) is 1. The van der Waals surface area contributed by atoms with Crippen LogP contribution in [0.1, 0.15) is 56.5 Å². The summed E-state index contributed by atoms with van der Waals surface area (Å²) in [7, 11) is 0. The van der Waals surface area contributed by atoms with Gasteiger partial charge >= 0.3 is 0 Å². The van der Waals surface area contributed by atoms with E-state index >= 15 is 0 Å². The Morgan fingerprint density at radius 1 is 1.12 bits per heavy atom. The summed E-state index contributed by atoms with van der Waals surface area (Å²) in [6.07, 6.45) is 5.94. The monoisotopic (exact) mass is 326 g/mol. The quantitative estimate of drug-likeness (QED) is 0.673. The second-order valence-electron chi connectivity index (χ2n) is 7.44. The zero-order chi connectivity index (χ0) is 17.5. The highest BCUT2D eigenvalue weighted by Gasteiger charge is 2.23. The van der Waals surface area contributed by atoms with Crippen molar-refractivity contribution in [3.8, 4) is 0 Å². The third-order valence-electron chi connectivity index (χ3n) is 4.97. The summed E-state index contributed by atoms with van der Waals surface area (Å²) in [6.45, 7) is 9.66. The zero-order valence-corrected chi connectivity index (χ0v) is 15.4. The van der Waals surface area contributed by atoms with Crippen LogP contribution in [-0.4, -0.2) is 30.8 Å². The van der Waals surface area contributed by atoms with Gasteiger partial charge in [-0.2, -0.15) is 0 Å². The maximum absolute atomic E-state index is 12.9. The highest BCUT2D eigenvalue weighted by Crippen LogP contribution is 2.27. The van der Waals surface area contributed by atoms with Crippen LogP contribution in [0.4, 0.5) is 0 Å². The van der Waals surface area contributed by atoms with Crippen LogP contribution in [0.2, 0.25) is 0 Å². The molecule has 0 fully saturated rings. The fourth-order valence-corrected chi connectivity index (χ4v) is 3.52. The summed E-state index contributed by atoms with van der Waals surface area (Å²) >= 11 is 0. The lowest BCUT2D eigenvalue weighted by Crippen LogP contribution is -2.21. The van der Waals surface area contributed by atoms with E-state index in [1.54, 1.807) is 12.4 Å². The summed E-state index contributed by atoms with van der Waals surface area (Å²) in [5, 5.41) is 0. The lowest BCUT2D eigenvalue weighted by Gasteiger charge is -2.24. The van der Waals surface area contributed by atoms with E-state index in [2.05, 4.69) is 43.7 Å². The standard InChI is InChI=1S/C21H30N2O/c1-15(2)20(16(3)4)14-21(24)19-8-6-5-7-17(19)13-18-9-10-22-11-12-23-18/h5-8,11-12,15-16,18,20H,9-10,13-14H2,1-4H3. The molecular weight excluding hydrogens is 296 g/mol. The number of benzene rings is 1. The minimum atomic E-state index is 0.215. The summed E-state index contributed by atoms with van der Waals surface area (Å²) in [5.41, 5.74) is 2.00. The van der Waals surface area contributed by atoms with Crippen LogP contribution in [0.5, 0.6) is 0 Å². The first kappa shape index (κ1) is 18.6. The molecule has 0 bridgehead atoms. The topological polar surface area (TPSA) is 41.8 Å². The van der Waals surface area contributed by atoms with E-state index in [9.17, 15) is 4.79 Å². The molecule has 0 saturated carbocycles. The van der Waals surface area contributed by atoms with E-state index in [-0.39, 0.29) is 11.8 Å². The first-order valence-corrected chi connectivity index (χ1v) is 9.11. The maximum atomic E-state index is 12.9. The Balaban J connectivity index is 2.14. The smallest absolute Gasteiger partial charge is 0.163 e. The molecule has 2 rings (SSSR count). The number of aliphatic imine (C=N–C) groups is 2. The zero-order valence-electron chi connectivity index (χ0n) is 15.4. The van der Waals surface area contributed by atoms with Gasteiger partial charge in [0.1, 0.15) is 0 Å². The van der Waals surface area contributed by atoms with Gasteiger partial charge in [0.2, 0.25) is 0 Å². The van der Waals surface area contributed by atoms with Crippen LogP contribution in [0, 0.1) is 17.8 Å². The minimum absolute atomic E-state index is 0.215. The van der Waals surface area contributed by atoms with Gasteiger partial charge in [0.25, 0.3) is 0 Å². The average molecular weight is 326 g/mol. The van der Waals surface area contributed by atoms with Gasteiger partial charge in [0.05, 0.1) is 6.04 Å². The van der Waals surface area contributed by atoms with Crippen molar-refractivity contribution in [3.05, 3.63) is 35.4 Å². The first-order chi connectivity index (χ1) is 11.5. The van der Waals surface area contributed by atoms with Crippen molar-refractivity contribution in [3.63, 3.8) is 0 Å². The summed E-state index contributed by atoms with van der Waals surface area (Å²) in [6, 6.07) is 8.26. The van der Waals surface area contributed by atoms with Crippen molar-refractivity contribution >= 4 is 18.2 Å². The molecule has 0 saturated heterocycles. The van der Waals surface area contributed by atoms with Crippen LogP contribution in [0.25, 0.3) is 0 Å². The largest absolute Gasteiger partial charge is 0.294 e. The summed E-state index contributed by atoms with van der Waals surface area (Å²) in [4.78, 5) is 21.7. The molecule has 0 spiro atoms. The molecule has 1 aromatic carbocycles. The van der Waals surface area contributed by atoms with Gasteiger partial charge in [-0.1, -0.05) is 52.0 Å². The Morgan fingerprint density at radius 3 is 2.54 bits per heavy atom. The molecule has 0 N–H and O–H groups in total. The minimum Gasteiger partial charge on any atom is -0.294 e. The van der Waals surface area contributed by atoms with Crippen molar-refractivity contribution in [1.82, 2.24) is 0 Å². The molecular formula is C21H30N2O. The van der Waals surface area contributed by atoms with Crippen LogP contribution < -0.4 is 0 Å². The van der Waals surface area contributed by atoms with E-state index < -0.39 is 0 Å². The molecule has 1 aromatic rings. The number of hydrogen-bond acceptors (Lipinski definition) is 3. The molecule has 3 heteroatoms. The molecule has 1 atom stereocenters. The molecule has 3 nitrogen and oxygen atoms in total. The van der Waals surface area contributed by atoms with Crippen molar-refractivity contribution in [2.24, 2.45) is 27.7 Å². The summed E-state index contributed by atoms with van der Waals surface area (Å²) in [5.74, 6) is 1.73. The van der Waals surface area contributed by atoms with Crippen LogP contribution in [0.3, 0.4) is 0 Å². The van der Waals surface area contributed by atoms with E-state index in [4.69, 9.17) is 0 Å². The number of ketones is 1. The van der Waals surface area contributed by atoms with Gasteiger partial charge in [-0.25, -0.2) is 0 Å². The lowest BCUT2D eigenvalue weighted by atomic mass is 9.80. The molecule has 1 unspecified atom stereocenters. The molecule has 0 aliphatic carbocycles. The third-order valence-corrected chi connectivity index (χ3v) is 4.97. The predicted octanol–water partition coefficient (Wildman–Crippen LogP) is 4.64. The summed E-state index contributed by atoms with van der Waals surface area (Å²) < 4.78 is 0. The van der Waals surface area contributed by atoms with Gasteiger partial charge in [-0.3, -0.25) is 14.8 Å². The van der Waals surface area contributed by atoms with Gasteiger partial charge in [0, 0.05) is 31.0 Å². The second-order valence-corrected chi connectivity index (χ2v) is 7.44. The molecule has 1 heterocycles. The first-order valence-electron chi connectivity index (χ1n) is 9.11. The fraction of sp³-hybridized carbons (Fsp3) is 0.571. The molecule has 1 aliphatic rings. The van der Waals surface area contributed by atoms with E-state index in [0.717, 1.165) is 30.5 Å². The van der Waals surface area contributed by atoms with Crippen molar-refractivity contribution in [1.29, 1.82) is 0 Å². The van der Waals surface area contributed by atoms with Gasteiger partial charge in [-0.05, 0) is 36.2 Å². The predicted molar refractivity (Wildman–Crippen MR) is 103 cm³/mol. The Bertz CT molecular complexity index is 594. The highest BCUT2D eigenvalue weighted by atomic mass is 16.1. The molecule has 0 aromatic heterocycles. The van der Waals surface area contributed by atoms with Gasteiger partial charge in [0.15, 0.2) is 5.78 Å². The fourth-order valence-electron chi connectivity index (χ4n) is 3.52. The number of carbonyl (C=O) groups excluding carboxylic acids is 1. The Labute approximate surface area is 146 Å². The SMILES string of the molecule is CC(C)C(CC(=O)c1ccccc1CC1CCN=CC=N1)C(C)C. The number of carbonyl (C=O) groups is 1. The normalized spacial score (nSPS) is 17.7. The Morgan fingerprint density at radius 2 is 1.83 bits per heavy atom. The van der Waals surface area contributed by atoms with Crippen molar-refractivity contribution in [2.45, 2.75) is 53.0 Å². The molecule has 1 aliphatic heterocycles. The molecule has 130 valence electrons. The molecule has 0 radical (unpaired) electrons. The van der Waals surface area contributed by atoms with E-state index in [1.807, 2.05) is 18.2 Å². The average Bonchev–Trinajstić information content (AvgIpc) is 2.81. The molecule has 24 heavy (non-hydrogen) atoms. The number of rotatable bonds is 7. The highest BCUT2D eigenvalue weighted by molar-refractivity contribution is 6.16. The Hall–Kier alpha value is -1.77. The van der Waals surface area contributed by atoms with Crippen molar-refractivity contribution < 1.29 is 4.79 Å². The van der Waals surface area contributed by atoms with Crippen LogP contribution >= 0.6 is 0 Å². The third kappa shape index (κ3) is 5.12. The van der Waals surface area contributed by atoms with Crippen LogP contribution in [-0.2, 0) is 6.42 Å². The van der Waals surface area contributed by atoms with Gasteiger partial charge in [-0.15, -0.1) is 0 Å². The van der Waals surface area contributed by atoms with E-state index in [1.165, 1.54) is 0 Å². The van der Waals surface area contributed by atoms with Crippen LogP contribution in [0.15, 0.2) is 34.3 Å². The number of nitrogens with zero attached hydrogens (tertiary/aromatic N) is 2. The Kier molecular flexibility index (Phi) is 6.89. The lowest BCUT2D eigenvalue weighted by molar-refractivity contribution is 0.0927. The maximum Gasteiger partial charge on any atom is 0.163 e. The van der Waals surface area contributed by atoms with Gasteiger partial charge < -0.3 is 0 Å². The van der Waals surface area contributed by atoms with E-state index in [0.29, 0.717) is 24.2 Å². The number of hydrogen-bond donors (Lipinski definition) is 0. The van der Waals surface area contributed by atoms with Crippen molar-refractivity contribution in [2.75, 3.05) is 6.54 Å².